The second-order valence-corrected chi connectivity index (χ2v) is 12.9. The largest absolute Gasteiger partial charge is 0.456 e. The molecule has 0 aliphatic carbocycles. The SMILES string of the molecule is c1ccc(-c2ccc(-c3ccc(N(c4ccccc4)c4cccc5c6ccc7oc8ccccc8c7c6c6ccccc6c45)cc3)cc2)cc1. The minimum absolute atomic E-state index is 0.916. The fourth-order valence-electron chi connectivity index (χ4n) is 7.77. The summed E-state index contributed by atoms with van der Waals surface area (Å²) in [6, 6.07) is 67.4. The molecule has 1 heterocycles. The summed E-state index contributed by atoms with van der Waals surface area (Å²) in [7, 11) is 0. The molecule has 2 nitrogen and oxygen atoms in total. The van der Waals surface area contributed by atoms with Crippen LogP contribution in [0.4, 0.5) is 17.1 Å². The molecule has 0 fully saturated rings. The molecule has 50 heavy (non-hydrogen) atoms. The average Bonchev–Trinajstić information content (AvgIpc) is 3.58. The van der Waals surface area contributed by atoms with Crippen LogP contribution in [0.25, 0.3) is 76.5 Å². The lowest BCUT2D eigenvalue weighted by atomic mass is 9.90. The summed E-state index contributed by atoms with van der Waals surface area (Å²) in [5.41, 5.74) is 10.0. The van der Waals surface area contributed by atoms with E-state index in [1.807, 2.05) is 6.07 Å². The Hall–Kier alpha value is -6.64. The molecule has 0 bridgehead atoms. The highest BCUT2D eigenvalue weighted by molar-refractivity contribution is 6.36. The van der Waals surface area contributed by atoms with Gasteiger partial charge in [0.25, 0.3) is 0 Å². The lowest BCUT2D eigenvalue weighted by molar-refractivity contribution is 0.669. The highest BCUT2D eigenvalue weighted by atomic mass is 16.3. The molecule has 0 spiro atoms. The zero-order chi connectivity index (χ0) is 33.0. The fraction of sp³-hybridized carbons (Fsp3) is 0. The smallest absolute Gasteiger partial charge is 0.136 e. The maximum absolute atomic E-state index is 6.36. The number of hydrogen-bond donors (Lipinski definition) is 0. The van der Waals surface area contributed by atoms with Crippen LogP contribution in [-0.4, -0.2) is 0 Å². The van der Waals surface area contributed by atoms with Crippen molar-refractivity contribution in [3.05, 3.63) is 188 Å². The van der Waals surface area contributed by atoms with Crippen LogP contribution < -0.4 is 4.90 Å². The van der Waals surface area contributed by atoms with Crippen LogP contribution in [0.1, 0.15) is 0 Å². The minimum Gasteiger partial charge on any atom is -0.456 e. The molecule has 0 N–H and O–H groups in total. The maximum atomic E-state index is 6.36. The van der Waals surface area contributed by atoms with Gasteiger partial charge in [0.05, 0.1) is 5.69 Å². The summed E-state index contributed by atoms with van der Waals surface area (Å²) in [6.45, 7) is 0. The first-order chi connectivity index (χ1) is 24.8. The van der Waals surface area contributed by atoms with E-state index in [0.717, 1.165) is 33.6 Å². The van der Waals surface area contributed by atoms with Gasteiger partial charge in [-0.05, 0) is 92.3 Å². The third kappa shape index (κ3) is 4.50. The lowest BCUT2D eigenvalue weighted by Gasteiger charge is -2.28. The van der Waals surface area contributed by atoms with Gasteiger partial charge >= 0.3 is 0 Å². The Labute approximate surface area is 290 Å². The van der Waals surface area contributed by atoms with Crippen molar-refractivity contribution in [1.29, 1.82) is 0 Å². The second kappa shape index (κ2) is 11.5. The Morgan fingerprint density at radius 3 is 1.44 bits per heavy atom. The van der Waals surface area contributed by atoms with Crippen molar-refractivity contribution in [2.24, 2.45) is 0 Å². The number of furan rings is 1. The average molecular weight is 638 g/mol. The van der Waals surface area contributed by atoms with E-state index < -0.39 is 0 Å². The number of para-hydroxylation sites is 2. The Balaban J connectivity index is 1.17. The fourth-order valence-corrected chi connectivity index (χ4v) is 7.77. The number of hydrogen-bond acceptors (Lipinski definition) is 2. The number of nitrogens with zero attached hydrogens (tertiary/aromatic N) is 1. The van der Waals surface area contributed by atoms with Crippen LogP contribution >= 0.6 is 0 Å². The van der Waals surface area contributed by atoms with E-state index in [9.17, 15) is 0 Å². The van der Waals surface area contributed by atoms with Crippen molar-refractivity contribution in [1.82, 2.24) is 0 Å². The number of anilines is 3. The first-order valence-electron chi connectivity index (χ1n) is 17.1. The Morgan fingerprint density at radius 2 is 0.760 bits per heavy atom. The van der Waals surface area contributed by atoms with Gasteiger partial charge in [0.2, 0.25) is 0 Å². The van der Waals surface area contributed by atoms with Gasteiger partial charge in [-0.25, -0.2) is 0 Å². The summed E-state index contributed by atoms with van der Waals surface area (Å²) in [6.07, 6.45) is 0. The number of benzene rings is 9. The summed E-state index contributed by atoms with van der Waals surface area (Å²) in [5.74, 6) is 0. The molecule has 9 aromatic carbocycles. The molecule has 1 aromatic heterocycles. The molecule has 234 valence electrons. The van der Waals surface area contributed by atoms with Crippen molar-refractivity contribution in [2.45, 2.75) is 0 Å². The molecule has 2 heteroatoms. The number of fused-ring (bicyclic) bond motifs is 10. The minimum atomic E-state index is 0.916. The van der Waals surface area contributed by atoms with Gasteiger partial charge in [-0.1, -0.05) is 140 Å². The van der Waals surface area contributed by atoms with E-state index in [1.54, 1.807) is 0 Å². The normalized spacial score (nSPS) is 11.6. The summed E-state index contributed by atoms with van der Waals surface area (Å²) in [4.78, 5) is 2.40. The standard InChI is InChI=1S/C48H31NO/c1-3-12-32(13-4-1)33-22-24-34(25-23-33)35-26-28-37(29-27-35)49(36-14-5-2-6-15-36)43-20-11-19-39-41-30-31-45-48(42-18-9-10-21-44(42)50-45)47(41)40-17-8-7-16-38(40)46(39)43/h1-31H. The van der Waals surface area contributed by atoms with Gasteiger partial charge in [-0.15, -0.1) is 0 Å². The molecule has 0 amide bonds. The molecule has 0 saturated carbocycles. The van der Waals surface area contributed by atoms with Crippen LogP contribution in [0, 0.1) is 0 Å². The van der Waals surface area contributed by atoms with Crippen molar-refractivity contribution in [2.75, 3.05) is 4.90 Å². The van der Waals surface area contributed by atoms with Crippen molar-refractivity contribution in [3.63, 3.8) is 0 Å². The molecular formula is C48H31NO. The monoisotopic (exact) mass is 637 g/mol. The first-order valence-corrected chi connectivity index (χ1v) is 17.1. The third-order valence-electron chi connectivity index (χ3n) is 10.0. The van der Waals surface area contributed by atoms with Crippen LogP contribution in [-0.2, 0) is 0 Å². The van der Waals surface area contributed by atoms with E-state index in [0.29, 0.717) is 0 Å². The zero-order valence-electron chi connectivity index (χ0n) is 27.3. The van der Waals surface area contributed by atoms with Gasteiger partial charge in [-0.3, -0.25) is 0 Å². The number of rotatable bonds is 5. The molecule has 0 unspecified atom stereocenters. The zero-order valence-corrected chi connectivity index (χ0v) is 27.3. The first kappa shape index (κ1) is 28.4. The van der Waals surface area contributed by atoms with E-state index in [2.05, 4.69) is 187 Å². The van der Waals surface area contributed by atoms with Crippen molar-refractivity contribution < 1.29 is 4.42 Å². The molecule has 0 saturated heterocycles. The molecule has 10 rings (SSSR count). The second-order valence-electron chi connectivity index (χ2n) is 12.9. The lowest BCUT2D eigenvalue weighted by Crippen LogP contribution is -2.10. The summed E-state index contributed by atoms with van der Waals surface area (Å²) in [5, 5.41) is 9.68. The van der Waals surface area contributed by atoms with Crippen LogP contribution in [0.2, 0.25) is 0 Å². The van der Waals surface area contributed by atoms with Crippen LogP contribution in [0.15, 0.2) is 192 Å². The van der Waals surface area contributed by atoms with Gasteiger partial charge in [0.1, 0.15) is 11.2 Å². The molecule has 0 aliphatic heterocycles. The van der Waals surface area contributed by atoms with E-state index in [-0.39, 0.29) is 0 Å². The Bertz CT molecular complexity index is 2800. The predicted octanol–water partition coefficient (Wildman–Crippen LogP) is 13.8. The third-order valence-corrected chi connectivity index (χ3v) is 10.0. The van der Waals surface area contributed by atoms with Crippen molar-refractivity contribution >= 4 is 71.3 Å². The summed E-state index contributed by atoms with van der Waals surface area (Å²) >= 11 is 0. The van der Waals surface area contributed by atoms with E-state index in [4.69, 9.17) is 4.42 Å². The van der Waals surface area contributed by atoms with Gasteiger partial charge in [0, 0.05) is 32.9 Å². The Kier molecular flexibility index (Phi) is 6.53. The molecule has 10 aromatic rings. The van der Waals surface area contributed by atoms with Crippen LogP contribution in [0.5, 0.6) is 0 Å². The molecule has 0 atom stereocenters. The summed E-state index contributed by atoms with van der Waals surface area (Å²) < 4.78 is 6.36. The predicted molar refractivity (Wildman–Crippen MR) is 212 cm³/mol. The van der Waals surface area contributed by atoms with Gasteiger partial charge < -0.3 is 9.32 Å². The molecule has 0 aliphatic rings. The molecule has 0 radical (unpaired) electrons. The van der Waals surface area contributed by atoms with Gasteiger partial charge in [0.15, 0.2) is 0 Å². The highest BCUT2D eigenvalue weighted by Gasteiger charge is 2.21. The van der Waals surface area contributed by atoms with Crippen molar-refractivity contribution in [3.8, 4) is 22.3 Å². The quantitative estimate of drug-likeness (QED) is 0.175. The van der Waals surface area contributed by atoms with E-state index >= 15 is 0 Å². The van der Waals surface area contributed by atoms with Crippen LogP contribution in [0.3, 0.4) is 0 Å². The maximum Gasteiger partial charge on any atom is 0.136 e. The highest BCUT2D eigenvalue weighted by Crippen LogP contribution is 2.47. The topological polar surface area (TPSA) is 16.4 Å². The van der Waals surface area contributed by atoms with E-state index in [1.165, 1.54) is 60.0 Å². The Morgan fingerprint density at radius 1 is 0.280 bits per heavy atom. The molecular weight excluding hydrogens is 607 g/mol. The van der Waals surface area contributed by atoms with Gasteiger partial charge in [-0.2, -0.15) is 0 Å².